The number of hydrogen-bond acceptors (Lipinski definition) is 4. The van der Waals surface area contributed by atoms with Crippen molar-refractivity contribution in [1.29, 1.82) is 0 Å². The van der Waals surface area contributed by atoms with Gasteiger partial charge in [0, 0.05) is 23.7 Å². The minimum Gasteiger partial charge on any atom is -0.463 e. The van der Waals surface area contributed by atoms with Crippen LogP contribution in [0.15, 0.2) is 65.5 Å². The molecule has 0 bridgehead atoms. The first-order valence-corrected chi connectivity index (χ1v) is 9.40. The molecule has 0 saturated heterocycles. The summed E-state index contributed by atoms with van der Waals surface area (Å²) in [5.74, 6) is -0.641. The van der Waals surface area contributed by atoms with Gasteiger partial charge in [0.2, 0.25) is 5.88 Å². The summed E-state index contributed by atoms with van der Waals surface area (Å²) >= 11 is 6.10. The molecule has 2 aromatic carbocycles. The number of amides is 1. The molecular weight excluding hydrogens is 397 g/mol. The minimum atomic E-state index is -0.802. The summed E-state index contributed by atoms with van der Waals surface area (Å²) in [7, 11) is 0. The van der Waals surface area contributed by atoms with Gasteiger partial charge in [-0.25, -0.2) is 4.39 Å². The van der Waals surface area contributed by atoms with Crippen LogP contribution in [0.2, 0.25) is 5.02 Å². The van der Waals surface area contributed by atoms with Gasteiger partial charge in [0.05, 0.1) is 5.69 Å². The molecule has 0 aliphatic heterocycles. The predicted octanol–water partition coefficient (Wildman–Crippen LogP) is 3.50. The summed E-state index contributed by atoms with van der Waals surface area (Å²) in [5.41, 5.74) is 0.776. The summed E-state index contributed by atoms with van der Waals surface area (Å²) in [6.07, 6.45) is -0.407. The number of nitrogens with zero attached hydrogens (tertiary/aromatic N) is 2. The monoisotopic (exact) mass is 415 g/mol. The van der Waals surface area contributed by atoms with E-state index in [2.05, 4.69) is 10.4 Å². The van der Waals surface area contributed by atoms with Gasteiger partial charge in [-0.3, -0.25) is 9.59 Å². The second kappa shape index (κ2) is 9.34. The Balaban J connectivity index is 1.72. The number of benzene rings is 2. The van der Waals surface area contributed by atoms with Gasteiger partial charge in [-0.2, -0.15) is 4.68 Å². The highest BCUT2D eigenvalue weighted by atomic mass is 35.5. The van der Waals surface area contributed by atoms with Crippen molar-refractivity contribution in [2.45, 2.75) is 26.0 Å². The lowest BCUT2D eigenvalue weighted by Crippen LogP contribution is -2.38. The zero-order valence-corrected chi connectivity index (χ0v) is 16.4. The Bertz CT molecular complexity index is 1050. The fraction of sp³-hybridized carbons (Fsp3) is 0.190. The maximum Gasteiger partial charge on any atom is 0.271 e. The van der Waals surface area contributed by atoms with Crippen LogP contribution in [0.1, 0.15) is 18.9 Å². The second-order valence-corrected chi connectivity index (χ2v) is 6.63. The van der Waals surface area contributed by atoms with Crippen LogP contribution in [0, 0.1) is 5.82 Å². The van der Waals surface area contributed by atoms with Gasteiger partial charge >= 0.3 is 0 Å². The van der Waals surface area contributed by atoms with E-state index < -0.39 is 17.5 Å². The number of halogens is 2. The molecule has 29 heavy (non-hydrogen) atoms. The fourth-order valence-electron chi connectivity index (χ4n) is 2.63. The van der Waals surface area contributed by atoms with Crippen LogP contribution >= 0.6 is 11.6 Å². The number of rotatable bonds is 7. The van der Waals surface area contributed by atoms with E-state index in [1.54, 1.807) is 13.0 Å². The zero-order valence-electron chi connectivity index (χ0n) is 15.6. The Labute approximate surface area is 171 Å². The van der Waals surface area contributed by atoms with E-state index in [1.807, 2.05) is 18.2 Å². The number of carbonyl (C=O) groups excluding carboxylic acids is 1. The van der Waals surface area contributed by atoms with Crippen LogP contribution in [0.3, 0.4) is 0 Å². The highest BCUT2D eigenvalue weighted by Gasteiger charge is 2.19. The first-order chi connectivity index (χ1) is 14.0. The topological polar surface area (TPSA) is 73.2 Å². The number of aromatic nitrogens is 2. The van der Waals surface area contributed by atoms with Gasteiger partial charge in [0.25, 0.3) is 11.5 Å². The Kier molecular flexibility index (Phi) is 6.61. The van der Waals surface area contributed by atoms with E-state index in [1.165, 1.54) is 36.4 Å². The fourth-order valence-corrected chi connectivity index (χ4v) is 2.83. The largest absolute Gasteiger partial charge is 0.463 e. The van der Waals surface area contributed by atoms with Gasteiger partial charge in [-0.05, 0) is 42.3 Å². The first-order valence-electron chi connectivity index (χ1n) is 9.02. The molecule has 0 radical (unpaired) electrons. The Morgan fingerprint density at radius 3 is 2.59 bits per heavy atom. The maximum absolute atomic E-state index is 13.1. The molecule has 0 unspecified atom stereocenters. The molecule has 6 nitrogen and oxygen atoms in total. The molecule has 3 aromatic rings. The van der Waals surface area contributed by atoms with Crippen molar-refractivity contribution in [2.75, 3.05) is 0 Å². The van der Waals surface area contributed by atoms with E-state index in [0.29, 0.717) is 17.1 Å². The first kappa shape index (κ1) is 20.5. The Morgan fingerprint density at radius 2 is 1.90 bits per heavy atom. The molecule has 0 saturated carbocycles. The molecule has 0 spiro atoms. The van der Waals surface area contributed by atoms with E-state index in [-0.39, 0.29) is 18.3 Å². The van der Waals surface area contributed by atoms with E-state index in [0.717, 1.165) is 10.2 Å². The van der Waals surface area contributed by atoms with Crippen LogP contribution in [-0.4, -0.2) is 21.8 Å². The molecule has 0 aliphatic rings. The van der Waals surface area contributed by atoms with Crippen molar-refractivity contribution in [3.8, 4) is 11.6 Å². The lowest BCUT2D eigenvalue weighted by molar-refractivity contribution is -0.128. The molecule has 150 valence electrons. The van der Waals surface area contributed by atoms with Gasteiger partial charge in [-0.15, -0.1) is 5.10 Å². The van der Waals surface area contributed by atoms with Gasteiger partial charge in [-0.1, -0.05) is 36.7 Å². The lowest BCUT2D eigenvalue weighted by atomic mass is 10.2. The minimum absolute atomic E-state index is 0.105. The van der Waals surface area contributed by atoms with Gasteiger partial charge < -0.3 is 10.1 Å². The standard InChI is InChI=1S/C21H19ClFN3O3/c1-2-18(21(28)24-13-14-5-3-4-6-17(14)22)29-19-11-12-20(27)26(25-19)16-9-7-15(23)8-10-16/h3-12,18H,2,13H2,1H3,(H,24,28)/t18-/m1/s1. The zero-order chi connectivity index (χ0) is 20.8. The SMILES string of the molecule is CC[C@@H](Oc1ccc(=O)n(-c2ccc(F)cc2)n1)C(=O)NCc1ccccc1Cl. The molecule has 1 heterocycles. The molecule has 8 heteroatoms. The quantitative estimate of drug-likeness (QED) is 0.641. The summed E-state index contributed by atoms with van der Waals surface area (Å²) in [6, 6.07) is 15.2. The normalized spacial score (nSPS) is 11.7. The summed E-state index contributed by atoms with van der Waals surface area (Å²) in [6.45, 7) is 2.07. The molecule has 1 N–H and O–H groups in total. The number of hydrogen-bond donors (Lipinski definition) is 1. The van der Waals surface area contributed by atoms with Crippen LogP contribution in [0.4, 0.5) is 4.39 Å². The van der Waals surface area contributed by atoms with Crippen LogP contribution in [-0.2, 0) is 11.3 Å². The van der Waals surface area contributed by atoms with E-state index in [4.69, 9.17) is 16.3 Å². The van der Waals surface area contributed by atoms with Gasteiger partial charge in [0.15, 0.2) is 6.10 Å². The van der Waals surface area contributed by atoms with Crippen LogP contribution in [0.25, 0.3) is 5.69 Å². The van der Waals surface area contributed by atoms with Crippen molar-refractivity contribution in [3.05, 3.63) is 87.4 Å². The third-order valence-corrected chi connectivity index (χ3v) is 4.55. The van der Waals surface area contributed by atoms with Crippen molar-refractivity contribution in [3.63, 3.8) is 0 Å². The van der Waals surface area contributed by atoms with E-state index >= 15 is 0 Å². The molecule has 1 atom stereocenters. The summed E-state index contributed by atoms with van der Waals surface area (Å²) < 4.78 is 19.9. The molecule has 0 aliphatic carbocycles. The van der Waals surface area contributed by atoms with Crippen molar-refractivity contribution in [2.24, 2.45) is 0 Å². The van der Waals surface area contributed by atoms with Crippen LogP contribution < -0.4 is 15.6 Å². The lowest BCUT2D eigenvalue weighted by Gasteiger charge is -2.17. The molecular formula is C21H19ClFN3O3. The highest BCUT2D eigenvalue weighted by Crippen LogP contribution is 2.15. The Morgan fingerprint density at radius 1 is 1.17 bits per heavy atom. The number of ether oxygens (including phenoxy) is 1. The molecule has 1 amide bonds. The Hall–Kier alpha value is -3.19. The van der Waals surface area contributed by atoms with Crippen molar-refractivity contribution >= 4 is 17.5 Å². The molecule has 3 rings (SSSR count). The van der Waals surface area contributed by atoms with Crippen molar-refractivity contribution in [1.82, 2.24) is 15.1 Å². The predicted molar refractivity (Wildman–Crippen MR) is 108 cm³/mol. The second-order valence-electron chi connectivity index (χ2n) is 6.22. The van der Waals surface area contributed by atoms with Crippen molar-refractivity contribution < 1.29 is 13.9 Å². The number of nitrogens with one attached hydrogen (secondary N) is 1. The summed E-state index contributed by atoms with van der Waals surface area (Å²) in [5, 5.41) is 7.49. The molecule has 0 fully saturated rings. The summed E-state index contributed by atoms with van der Waals surface area (Å²) in [4.78, 5) is 24.6. The van der Waals surface area contributed by atoms with E-state index in [9.17, 15) is 14.0 Å². The smallest absolute Gasteiger partial charge is 0.271 e. The third-order valence-electron chi connectivity index (χ3n) is 4.18. The molecule has 1 aromatic heterocycles. The van der Waals surface area contributed by atoms with Gasteiger partial charge in [0.1, 0.15) is 5.82 Å². The average molecular weight is 416 g/mol. The number of carbonyl (C=O) groups is 1. The third kappa shape index (κ3) is 5.20. The maximum atomic E-state index is 13.1. The average Bonchev–Trinajstić information content (AvgIpc) is 2.73. The highest BCUT2D eigenvalue weighted by molar-refractivity contribution is 6.31. The van der Waals surface area contributed by atoms with Crippen LogP contribution in [0.5, 0.6) is 5.88 Å².